The standard InChI is InChI=1S/C26H29N5O2/c1-17-9-10-20(33-12-11-31(3)4)13-22(17)26(32)29-18(2)23-14-25(19-15-27-28-16-19)30-24-8-6-5-7-21(23)24/h5-10,13-16,18H,11-12H2,1-4H3,(H,27,28)(H,29,32). The summed E-state index contributed by atoms with van der Waals surface area (Å²) in [4.78, 5) is 20.1. The molecule has 33 heavy (non-hydrogen) atoms. The Bertz CT molecular complexity index is 1250. The van der Waals surface area contributed by atoms with Crippen LogP contribution in [0.3, 0.4) is 0 Å². The van der Waals surface area contributed by atoms with Crippen molar-refractivity contribution in [1.29, 1.82) is 0 Å². The fourth-order valence-corrected chi connectivity index (χ4v) is 3.73. The van der Waals surface area contributed by atoms with Crippen molar-refractivity contribution in [2.45, 2.75) is 19.9 Å². The van der Waals surface area contributed by atoms with Gasteiger partial charge in [-0.1, -0.05) is 24.3 Å². The molecule has 1 atom stereocenters. The summed E-state index contributed by atoms with van der Waals surface area (Å²) in [5.41, 5.74) is 5.10. The van der Waals surface area contributed by atoms with E-state index in [9.17, 15) is 4.79 Å². The summed E-state index contributed by atoms with van der Waals surface area (Å²) in [6, 6.07) is 15.4. The number of para-hydroxylation sites is 1. The van der Waals surface area contributed by atoms with Gasteiger partial charge in [-0.05, 0) is 63.3 Å². The summed E-state index contributed by atoms with van der Waals surface area (Å²) in [6.45, 7) is 5.29. The molecule has 0 fully saturated rings. The van der Waals surface area contributed by atoms with E-state index in [0.717, 1.165) is 39.8 Å². The largest absolute Gasteiger partial charge is 0.492 e. The number of aromatic nitrogens is 3. The highest BCUT2D eigenvalue weighted by Crippen LogP contribution is 2.29. The van der Waals surface area contributed by atoms with Gasteiger partial charge in [0, 0.05) is 29.3 Å². The zero-order valence-electron chi connectivity index (χ0n) is 19.4. The van der Waals surface area contributed by atoms with Crippen LogP contribution in [0.2, 0.25) is 0 Å². The highest BCUT2D eigenvalue weighted by molar-refractivity contribution is 5.96. The lowest BCUT2D eigenvalue weighted by atomic mass is 9.99. The third kappa shape index (κ3) is 5.21. The first-order valence-electron chi connectivity index (χ1n) is 11.0. The molecule has 7 heteroatoms. The summed E-state index contributed by atoms with van der Waals surface area (Å²) in [5, 5.41) is 11.1. The zero-order valence-corrected chi connectivity index (χ0v) is 19.4. The number of carbonyl (C=O) groups is 1. The van der Waals surface area contributed by atoms with Gasteiger partial charge in [-0.3, -0.25) is 9.89 Å². The van der Waals surface area contributed by atoms with Crippen LogP contribution < -0.4 is 10.1 Å². The Morgan fingerprint density at radius 3 is 2.76 bits per heavy atom. The second-order valence-corrected chi connectivity index (χ2v) is 8.42. The van der Waals surface area contributed by atoms with Crippen LogP contribution in [-0.4, -0.2) is 53.2 Å². The average Bonchev–Trinajstić information content (AvgIpc) is 3.34. The lowest BCUT2D eigenvalue weighted by molar-refractivity contribution is 0.0939. The molecule has 170 valence electrons. The van der Waals surface area contributed by atoms with Crippen molar-refractivity contribution in [2.24, 2.45) is 0 Å². The SMILES string of the molecule is Cc1ccc(OCCN(C)C)cc1C(=O)NC(C)c1cc(-c2cn[nH]c2)nc2ccccc12. The molecular formula is C26H29N5O2. The third-order valence-electron chi connectivity index (χ3n) is 5.62. The van der Waals surface area contributed by atoms with Gasteiger partial charge in [0.05, 0.1) is 23.4 Å². The maximum absolute atomic E-state index is 13.2. The Morgan fingerprint density at radius 2 is 2.00 bits per heavy atom. The van der Waals surface area contributed by atoms with Crippen molar-refractivity contribution in [2.75, 3.05) is 27.2 Å². The molecule has 0 aliphatic heterocycles. The van der Waals surface area contributed by atoms with Crippen molar-refractivity contribution in [1.82, 2.24) is 25.4 Å². The molecule has 1 amide bonds. The van der Waals surface area contributed by atoms with Gasteiger partial charge in [0.15, 0.2) is 0 Å². The molecule has 1 unspecified atom stereocenters. The van der Waals surface area contributed by atoms with Crippen LogP contribution in [0.5, 0.6) is 5.75 Å². The van der Waals surface area contributed by atoms with Gasteiger partial charge in [0.1, 0.15) is 12.4 Å². The van der Waals surface area contributed by atoms with Crippen LogP contribution in [0.1, 0.15) is 34.5 Å². The number of aromatic amines is 1. The predicted molar refractivity (Wildman–Crippen MR) is 130 cm³/mol. The number of fused-ring (bicyclic) bond motifs is 1. The smallest absolute Gasteiger partial charge is 0.252 e. The number of aryl methyl sites for hydroxylation is 1. The number of pyridine rings is 1. The number of hydrogen-bond donors (Lipinski definition) is 2. The Hall–Kier alpha value is -3.71. The lowest BCUT2D eigenvalue weighted by Gasteiger charge is -2.19. The first-order chi connectivity index (χ1) is 15.9. The van der Waals surface area contributed by atoms with Crippen LogP contribution in [0.4, 0.5) is 0 Å². The first kappa shape index (κ1) is 22.5. The second-order valence-electron chi connectivity index (χ2n) is 8.42. The molecule has 2 N–H and O–H groups in total. The molecule has 4 rings (SSSR count). The number of nitrogens with one attached hydrogen (secondary N) is 2. The quantitative estimate of drug-likeness (QED) is 0.423. The van der Waals surface area contributed by atoms with E-state index in [-0.39, 0.29) is 11.9 Å². The fraction of sp³-hybridized carbons (Fsp3) is 0.269. The number of carbonyl (C=O) groups excluding carboxylic acids is 1. The van der Waals surface area contributed by atoms with Gasteiger partial charge >= 0.3 is 0 Å². The van der Waals surface area contributed by atoms with Crippen LogP contribution in [0.25, 0.3) is 22.2 Å². The fourth-order valence-electron chi connectivity index (χ4n) is 3.73. The average molecular weight is 444 g/mol. The number of H-pyrrole nitrogens is 1. The number of amides is 1. The summed E-state index contributed by atoms with van der Waals surface area (Å²) in [7, 11) is 4.00. The highest BCUT2D eigenvalue weighted by Gasteiger charge is 2.18. The molecule has 0 aliphatic rings. The summed E-state index contributed by atoms with van der Waals surface area (Å²) in [6.07, 6.45) is 3.56. The molecule has 0 radical (unpaired) electrons. The Kier molecular flexibility index (Phi) is 6.70. The monoisotopic (exact) mass is 443 g/mol. The number of hydrogen-bond acceptors (Lipinski definition) is 5. The van der Waals surface area contributed by atoms with Crippen molar-refractivity contribution in [3.05, 3.63) is 77.6 Å². The molecule has 0 spiro atoms. The van der Waals surface area contributed by atoms with Gasteiger partial charge in [-0.2, -0.15) is 5.10 Å². The van der Waals surface area contributed by atoms with Crippen molar-refractivity contribution in [3.63, 3.8) is 0 Å². The molecule has 0 saturated heterocycles. The molecule has 0 saturated carbocycles. The van der Waals surface area contributed by atoms with Gasteiger partial charge in [0.25, 0.3) is 5.91 Å². The van der Waals surface area contributed by atoms with E-state index in [1.807, 2.05) is 82.7 Å². The molecule has 0 bridgehead atoms. The number of rotatable bonds is 8. The van der Waals surface area contributed by atoms with Crippen molar-refractivity contribution >= 4 is 16.8 Å². The Labute approximate surface area is 193 Å². The summed E-state index contributed by atoms with van der Waals surface area (Å²) >= 11 is 0. The van der Waals surface area contributed by atoms with Crippen LogP contribution in [0, 0.1) is 6.92 Å². The minimum Gasteiger partial charge on any atom is -0.492 e. The lowest BCUT2D eigenvalue weighted by Crippen LogP contribution is -2.27. The predicted octanol–water partition coefficient (Wildman–Crippen LogP) is 4.36. The summed E-state index contributed by atoms with van der Waals surface area (Å²) in [5.74, 6) is 0.556. The summed E-state index contributed by atoms with van der Waals surface area (Å²) < 4.78 is 5.83. The van der Waals surface area contributed by atoms with Gasteiger partial charge in [0.2, 0.25) is 0 Å². The second kappa shape index (κ2) is 9.83. The van der Waals surface area contributed by atoms with Crippen LogP contribution >= 0.6 is 0 Å². The van der Waals surface area contributed by atoms with E-state index >= 15 is 0 Å². The third-order valence-corrected chi connectivity index (χ3v) is 5.62. The minimum atomic E-state index is -0.228. The van der Waals surface area contributed by atoms with Crippen molar-refractivity contribution in [3.8, 4) is 17.0 Å². The topological polar surface area (TPSA) is 83.1 Å². The van der Waals surface area contributed by atoms with Gasteiger partial charge in [-0.15, -0.1) is 0 Å². The maximum atomic E-state index is 13.2. The Balaban J connectivity index is 1.60. The highest BCUT2D eigenvalue weighted by atomic mass is 16.5. The molecular weight excluding hydrogens is 414 g/mol. The molecule has 4 aromatic rings. The number of nitrogens with zero attached hydrogens (tertiary/aromatic N) is 3. The molecule has 2 aromatic heterocycles. The van der Waals surface area contributed by atoms with E-state index < -0.39 is 0 Å². The number of ether oxygens (including phenoxy) is 1. The molecule has 2 heterocycles. The van der Waals surface area contributed by atoms with E-state index in [2.05, 4.69) is 20.4 Å². The first-order valence-corrected chi connectivity index (χ1v) is 11.0. The van der Waals surface area contributed by atoms with E-state index in [0.29, 0.717) is 17.9 Å². The number of likely N-dealkylation sites (N-methyl/N-ethyl adjacent to an activating group) is 1. The van der Waals surface area contributed by atoms with Crippen LogP contribution in [-0.2, 0) is 0 Å². The van der Waals surface area contributed by atoms with Crippen LogP contribution in [0.15, 0.2) is 60.9 Å². The van der Waals surface area contributed by atoms with E-state index in [1.165, 1.54) is 0 Å². The number of benzene rings is 2. The normalized spacial score (nSPS) is 12.2. The van der Waals surface area contributed by atoms with Crippen molar-refractivity contribution < 1.29 is 9.53 Å². The van der Waals surface area contributed by atoms with E-state index in [1.54, 1.807) is 6.20 Å². The van der Waals surface area contributed by atoms with E-state index in [4.69, 9.17) is 9.72 Å². The minimum absolute atomic E-state index is 0.135. The van der Waals surface area contributed by atoms with Gasteiger partial charge in [-0.25, -0.2) is 4.98 Å². The Morgan fingerprint density at radius 1 is 1.18 bits per heavy atom. The maximum Gasteiger partial charge on any atom is 0.252 e. The molecule has 2 aromatic carbocycles. The molecule has 7 nitrogen and oxygen atoms in total. The zero-order chi connectivity index (χ0) is 23.4. The molecule has 0 aliphatic carbocycles. The van der Waals surface area contributed by atoms with Gasteiger partial charge < -0.3 is 15.0 Å².